The first kappa shape index (κ1) is 13.6. The zero-order valence-corrected chi connectivity index (χ0v) is 11.8. The van der Waals surface area contributed by atoms with E-state index in [1.165, 1.54) is 0 Å². The first-order valence-corrected chi connectivity index (χ1v) is 6.39. The summed E-state index contributed by atoms with van der Waals surface area (Å²) in [5.41, 5.74) is 2.69. The van der Waals surface area contributed by atoms with Gasteiger partial charge in [-0.05, 0) is 44.0 Å². The number of aromatic nitrogens is 2. The molecule has 1 atom stereocenters. The van der Waals surface area contributed by atoms with Crippen LogP contribution in [0, 0.1) is 6.92 Å². The fourth-order valence-corrected chi connectivity index (χ4v) is 2.20. The molecule has 1 unspecified atom stereocenters. The van der Waals surface area contributed by atoms with Crippen LogP contribution in [0.4, 0.5) is 0 Å². The van der Waals surface area contributed by atoms with Gasteiger partial charge in [0, 0.05) is 6.04 Å². The van der Waals surface area contributed by atoms with Gasteiger partial charge in [0.05, 0.1) is 25.3 Å². The number of nitrogens with zero attached hydrogens (tertiary/aromatic N) is 2. The molecule has 19 heavy (non-hydrogen) atoms. The van der Waals surface area contributed by atoms with Gasteiger partial charge in [0.2, 0.25) is 0 Å². The maximum atomic E-state index is 10.6. The normalized spacial score (nSPS) is 12.7. The van der Waals surface area contributed by atoms with Gasteiger partial charge in [-0.3, -0.25) is 0 Å². The van der Waals surface area contributed by atoms with E-state index in [4.69, 9.17) is 4.74 Å². The molecule has 0 aliphatic rings. The molecule has 1 N–H and O–H groups in total. The fraction of sp³-hybridized carbons (Fsp3) is 0.400. The van der Waals surface area contributed by atoms with Gasteiger partial charge >= 0.3 is 0 Å². The van der Waals surface area contributed by atoms with Crippen LogP contribution in [-0.4, -0.2) is 21.8 Å². The summed E-state index contributed by atoms with van der Waals surface area (Å²) in [5.74, 6) is 0.797. The number of hydrogen-bond donors (Lipinski definition) is 1. The van der Waals surface area contributed by atoms with Gasteiger partial charge in [0.25, 0.3) is 0 Å². The molecule has 2 rings (SSSR count). The standard InChI is InChI=1S/C15H20N2O2/c1-10(2)17-9-16-8-14(17)15(18)13-6-5-12(19-4)7-11(13)3/h5-10,15,18H,1-4H3. The molecule has 4 heteroatoms. The Kier molecular flexibility index (Phi) is 3.90. The molecule has 0 fully saturated rings. The quantitative estimate of drug-likeness (QED) is 0.919. The summed E-state index contributed by atoms with van der Waals surface area (Å²) in [6, 6.07) is 5.96. The van der Waals surface area contributed by atoms with Crippen LogP contribution >= 0.6 is 0 Å². The van der Waals surface area contributed by atoms with Gasteiger partial charge in [0.15, 0.2) is 0 Å². The van der Waals surface area contributed by atoms with E-state index in [0.29, 0.717) is 0 Å². The Bertz CT molecular complexity index is 561. The summed E-state index contributed by atoms with van der Waals surface area (Å²) in [5, 5.41) is 10.6. The van der Waals surface area contributed by atoms with Crippen LogP contribution in [0.5, 0.6) is 5.75 Å². The third kappa shape index (κ3) is 2.63. The third-order valence-electron chi connectivity index (χ3n) is 3.30. The van der Waals surface area contributed by atoms with Crippen molar-refractivity contribution in [2.45, 2.75) is 32.9 Å². The molecule has 0 saturated carbocycles. The van der Waals surface area contributed by atoms with E-state index < -0.39 is 6.10 Å². The minimum Gasteiger partial charge on any atom is -0.497 e. The average Bonchev–Trinajstić information content (AvgIpc) is 2.87. The van der Waals surface area contributed by atoms with E-state index in [2.05, 4.69) is 18.8 Å². The van der Waals surface area contributed by atoms with Crippen molar-refractivity contribution >= 4 is 0 Å². The van der Waals surface area contributed by atoms with Crippen molar-refractivity contribution < 1.29 is 9.84 Å². The molecule has 2 aromatic rings. The number of hydrogen-bond acceptors (Lipinski definition) is 3. The number of benzene rings is 1. The minimum absolute atomic E-state index is 0.269. The summed E-state index contributed by atoms with van der Waals surface area (Å²) in [6.45, 7) is 6.11. The Balaban J connectivity index is 2.38. The van der Waals surface area contributed by atoms with Crippen molar-refractivity contribution in [3.05, 3.63) is 47.5 Å². The Morgan fingerprint density at radius 2 is 2.05 bits per heavy atom. The van der Waals surface area contributed by atoms with E-state index >= 15 is 0 Å². The van der Waals surface area contributed by atoms with Crippen LogP contribution in [-0.2, 0) is 0 Å². The van der Waals surface area contributed by atoms with E-state index in [-0.39, 0.29) is 6.04 Å². The first-order chi connectivity index (χ1) is 9.04. The molecule has 0 bridgehead atoms. The predicted molar refractivity (Wildman–Crippen MR) is 74.4 cm³/mol. The largest absolute Gasteiger partial charge is 0.497 e. The molecule has 0 spiro atoms. The molecule has 1 aromatic heterocycles. The summed E-state index contributed by atoms with van der Waals surface area (Å²) < 4.78 is 7.16. The van der Waals surface area contributed by atoms with Crippen LogP contribution in [0.1, 0.15) is 42.8 Å². The van der Waals surface area contributed by atoms with Gasteiger partial charge in [-0.25, -0.2) is 4.98 Å². The van der Waals surface area contributed by atoms with Crippen molar-refractivity contribution in [3.63, 3.8) is 0 Å². The van der Waals surface area contributed by atoms with Gasteiger partial charge in [-0.15, -0.1) is 0 Å². The summed E-state index contributed by atoms with van der Waals surface area (Å²) >= 11 is 0. The molecule has 0 aliphatic heterocycles. The molecule has 0 saturated heterocycles. The number of imidazole rings is 1. The minimum atomic E-state index is -0.671. The predicted octanol–water partition coefficient (Wildman–Crippen LogP) is 2.86. The lowest BCUT2D eigenvalue weighted by Crippen LogP contribution is -2.11. The van der Waals surface area contributed by atoms with E-state index in [1.807, 2.05) is 29.7 Å². The summed E-state index contributed by atoms with van der Waals surface area (Å²) in [7, 11) is 1.64. The second-order valence-electron chi connectivity index (χ2n) is 4.94. The van der Waals surface area contributed by atoms with Crippen LogP contribution in [0.25, 0.3) is 0 Å². The number of rotatable bonds is 4. The molecule has 1 heterocycles. The Morgan fingerprint density at radius 1 is 1.32 bits per heavy atom. The van der Waals surface area contributed by atoms with Crippen molar-refractivity contribution in [1.82, 2.24) is 9.55 Å². The molecule has 102 valence electrons. The summed E-state index contributed by atoms with van der Waals surface area (Å²) in [6.07, 6.45) is 2.80. The molecule has 4 nitrogen and oxygen atoms in total. The summed E-state index contributed by atoms with van der Waals surface area (Å²) in [4.78, 5) is 4.13. The lowest BCUT2D eigenvalue weighted by Gasteiger charge is -2.18. The Hall–Kier alpha value is -1.81. The third-order valence-corrected chi connectivity index (χ3v) is 3.30. The number of ether oxygens (including phenoxy) is 1. The van der Waals surface area contributed by atoms with Crippen molar-refractivity contribution in [2.24, 2.45) is 0 Å². The van der Waals surface area contributed by atoms with Gasteiger partial charge in [-0.2, -0.15) is 0 Å². The molecule has 0 amide bonds. The van der Waals surface area contributed by atoms with Crippen LogP contribution in [0.2, 0.25) is 0 Å². The Morgan fingerprint density at radius 3 is 2.63 bits per heavy atom. The highest BCUT2D eigenvalue weighted by Crippen LogP contribution is 2.28. The average molecular weight is 260 g/mol. The molecular formula is C15H20N2O2. The molecule has 1 aromatic carbocycles. The highest BCUT2D eigenvalue weighted by molar-refractivity contribution is 5.38. The second-order valence-corrected chi connectivity index (χ2v) is 4.94. The van der Waals surface area contributed by atoms with Crippen molar-refractivity contribution in [3.8, 4) is 5.75 Å². The lowest BCUT2D eigenvalue weighted by molar-refractivity contribution is 0.207. The van der Waals surface area contributed by atoms with Crippen molar-refractivity contribution in [1.29, 1.82) is 0 Å². The molecule has 0 radical (unpaired) electrons. The topological polar surface area (TPSA) is 47.3 Å². The maximum absolute atomic E-state index is 10.6. The molecular weight excluding hydrogens is 240 g/mol. The highest BCUT2D eigenvalue weighted by atomic mass is 16.5. The molecule has 0 aliphatic carbocycles. The van der Waals surface area contributed by atoms with Crippen LogP contribution < -0.4 is 4.74 Å². The highest BCUT2D eigenvalue weighted by Gasteiger charge is 2.18. The van der Waals surface area contributed by atoms with Gasteiger partial charge in [0.1, 0.15) is 11.9 Å². The number of aryl methyl sites for hydroxylation is 1. The smallest absolute Gasteiger partial charge is 0.121 e. The lowest BCUT2D eigenvalue weighted by atomic mass is 10.0. The monoisotopic (exact) mass is 260 g/mol. The zero-order valence-electron chi connectivity index (χ0n) is 11.8. The van der Waals surface area contributed by atoms with Crippen molar-refractivity contribution in [2.75, 3.05) is 7.11 Å². The van der Waals surface area contributed by atoms with E-state index in [9.17, 15) is 5.11 Å². The van der Waals surface area contributed by atoms with Crippen LogP contribution in [0.15, 0.2) is 30.7 Å². The maximum Gasteiger partial charge on any atom is 0.121 e. The second kappa shape index (κ2) is 5.45. The van der Waals surface area contributed by atoms with Gasteiger partial charge in [-0.1, -0.05) is 6.07 Å². The zero-order chi connectivity index (χ0) is 14.0. The van der Waals surface area contributed by atoms with E-state index in [0.717, 1.165) is 22.6 Å². The Labute approximate surface area is 113 Å². The fourth-order valence-electron chi connectivity index (χ4n) is 2.20. The number of aliphatic hydroxyl groups is 1. The first-order valence-electron chi connectivity index (χ1n) is 6.39. The SMILES string of the molecule is COc1ccc(C(O)c2cncn2C(C)C)c(C)c1. The number of methoxy groups -OCH3 is 1. The van der Waals surface area contributed by atoms with E-state index in [1.54, 1.807) is 19.6 Å². The number of aliphatic hydroxyl groups excluding tert-OH is 1. The van der Waals surface area contributed by atoms with Gasteiger partial charge < -0.3 is 14.4 Å². The van der Waals surface area contributed by atoms with Crippen LogP contribution in [0.3, 0.4) is 0 Å².